The van der Waals surface area contributed by atoms with Gasteiger partial charge in [0.05, 0.1) is 14.2 Å². The van der Waals surface area contributed by atoms with Crippen LogP contribution in [0.15, 0.2) is 35.3 Å². The van der Waals surface area contributed by atoms with Crippen molar-refractivity contribution >= 4 is 0 Å². The van der Waals surface area contributed by atoms with E-state index in [1.54, 1.807) is 20.5 Å². The lowest BCUT2D eigenvalue weighted by atomic mass is 10.1. The molecule has 0 atom stereocenters. The third-order valence-corrected chi connectivity index (χ3v) is 2.12. The van der Waals surface area contributed by atoms with Gasteiger partial charge in [-0.3, -0.25) is 0 Å². The molecule has 0 aliphatic rings. The van der Waals surface area contributed by atoms with Gasteiger partial charge in [-0.05, 0) is 12.1 Å². The number of ether oxygens (including phenoxy) is 2. The molecule has 15 heavy (non-hydrogen) atoms. The molecule has 2 aromatic rings. The van der Waals surface area contributed by atoms with Gasteiger partial charge in [-0.2, -0.15) is 0 Å². The molecule has 0 bridgehead atoms. The Hall–Kier alpha value is -1.97. The fraction of sp³-hybridized carbons (Fsp3) is 0.182. The molecule has 0 amide bonds. The van der Waals surface area contributed by atoms with E-state index in [1.165, 1.54) is 6.39 Å². The summed E-state index contributed by atoms with van der Waals surface area (Å²) >= 11 is 0. The zero-order chi connectivity index (χ0) is 10.7. The van der Waals surface area contributed by atoms with Crippen molar-refractivity contribution in [2.45, 2.75) is 0 Å². The molecule has 0 aliphatic carbocycles. The predicted molar refractivity (Wildman–Crippen MR) is 55.0 cm³/mol. The van der Waals surface area contributed by atoms with Crippen LogP contribution < -0.4 is 9.47 Å². The summed E-state index contributed by atoms with van der Waals surface area (Å²) in [5, 5.41) is 0. The lowest BCUT2D eigenvalue weighted by Crippen LogP contribution is -1.90. The molecule has 0 spiro atoms. The highest BCUT2D eigenvalue weighted by molar-refractivity contribution is 5.67. The van der Waals surface area contributed by atoms with Crippen molar-refractivity contribution in [2.75, 3.05) is 14.2 Å². The van der Waals surface area contributed by atoms with Crippen molar-refractivity contribution in [3.05, 3.63) is 30.9 Å². The Morgan fingerprint density at radius 2 is 2.07 bits per heavy atom. The van der Waals surface area contributed by atoms with Crippen LogP contribution in [0, 0.1) is 0 Å². The van der Waals surface area contributed by atoms with Crippen LogP contribution in [-0.4, -0.2) is 19.2 Å². The van der Waals surface area contributed by atoms with Gasteiger partial charge in [0.1, 0.15) is 23.5 Å². The zero-order valence-electron chi connectivity index (χ0n) is 8.56. The maximum atomic E-state index is 5.25. The van der Waals surface area contributed by atoms with Crippen molar-refractivity contribution in [1.29, 1.82) is 0 Å². The molecule has 0 saturated carbocycles. The van der Waals surface area contributed by atoms with Crippen molar-refractivity contribution in [3.63, 3.8) is 0 Å². The predicted octanol–water partition coefficient (Wildman–Crippen LogP) is 2.36. The maximum absolute atomic E-state index is 5.25. The fourth-order valence-electron chi connectivity index (χ4n) is 1.36. The van der Waals surface area contributed by atoms with Gasteiger partial charge in [0, 0.05) is 11.6 Å². The average Bonchev–Trinajstić information content (AvgIpc) is 2.81. The largest absolute Gasteiger partial charge is 0.497 e. The Kier molecular flexibility index (Phi) is 2.58. The Balaban J connectivity index is 2.48. The Morgan fingerprint density at radius 3 is 2.67 bits per heavy atom. The lowest BCUT2D eigenvalue weighted by Gasteiger charge is -2.07. The quantitative estimate of drug-likeness (QED) is 0.771. The number of benzene rings is 1. The minimum atomic E-state index is 0.711. The first-order valence-corrected chi connectivity index (χ1v) is 4.45. The number of rotatable bonds is 3. The van der Waals surface area contributed by atoms with Crippen molar-refractivity contribution in [1.82, 2.24) is 4.98 Å². The fourth-order valence-corrected chi connectivity index (χ4v) is 1.36. The first-order valence-electron chi connectivity index (χ1n) is 4.45. The van der Waals surface area contributed by atoms with Gasteiger partial charge in [-0.15, -0.1) is 0 Å². The smallest absolute Gasteiger partial charge is 0.181 e. The van der Waals surface area contributed by atoms with E-state index in [1.807, 2.05) is 18.2 Å². The summed E-state index contributed by atoms with van der Waals surface area (Å²) in [7, 11) is 3.23. The Morgan fingerprint density at radius 1 is 1.20 bits per heavy atom. The Labute approximate surface area is 87.5 Å². The summed E-state index contributed by atoms with van der Waals surface area (Å²) < 4.78 is 15.3. The number of methoxy groups -OCH3 is 2. The van der Waals surface area contributed by atoms with Gasteiger partial charge < -0.3 is 13.9 Å². The molecular formula is C11H11NO3. The SMILES string of the molecule is COc1ccc(-c2cocn2)c(OC)c1. The van der Waals surface area contributed by atoms with Crippen LogP contribution in [0.4, 0.5) is 0 Å². The van der Waals surface area contributed by atoms with E-state index in [0.29, 0.717) is 5.75 Å². The second kappa shape index (κ2) is 4.04. The molecule has 0 unspecified atom stereocenters. The summed E-state index contributed by atoms with van der Waals surface area (Å²) in [5.74, 6) is 1.46. The van der Waals surface area contributed by atoms with Gasteiger partial charge >= 0.3 is 0 Å². The van der Waals surface area contributed by atoms with Gasteiger partial charge in [0.25, 0.3) is 0 Å². The highest BCUT2D eigenvalue weighted by Gasteiger charge is 2.09. The summed E-state index contributed by atoms with van der Waals surface area (Å²) in [4.78, 5) is 4.06. The number of oxazole rings is 1. The molecule has 0 saturated heterocycles. The molecule has 1 aromatic carbocycles. The molecule has 4 nitrogen and oxygen atoms in total. The minimum Gasteiger partial charge on any atom is -0.497 e. The summed E-state index contributed by atoms with van der Waals surface area (Å²) in [6.45, 7) is 0. The van der Waals surface area contributed by atoms with Crippen LogP contribution in [0.1, 0.15) is 0 Å². The zero-order valence-corrected chi connectivity index (χ0v) is 8.56. The van der Waals surface area contributed by atoms with E-state index < -0.39 is 0 Å². The van der Waals surface area contributed by atoms with Crippen LogP contribution >= 0.6 is 0 Å². The van der Waals surface area contributed by atoms with E-state index in [4.69, 9.17) is 13.9 Å². The van der Waals surface area contributed by atoms with Gasteiger partial charge in [-0.1, -0.05) is 0 Å². The van der Waals surface area contributed by atoms with Crippen LogP contribution in [0.5, 0.6) is 11.5 Å². The molecule has 0 radical (unpaired) electrons. The van der Waals surface area contributed by atoms with Gasteiger partial charge in [-0.25, -0.2) is 4.98 Å². The minimum absolute atomic E-state index is 0.711. The third kappa shape index (κ3) is 1.79. The number of aromatic nitrogens is 1. The highest BCUT2D eigenvalue weighted by Crippen LogP contribution is 2.31. The molecule has 0 fully saturated rings. The van der Waals surface area contributed by atoms with Crippen LogP contribution in [0.25, 0.3) is 11.3 Å². The first-order chi connectivity index (χ1) is 7.35. The van der Waals surface area contributed by atoms with Crippen LogP contribution in [-0.2, 0) is 0 Å². The van der Waals surface area contributed by atoms with Gasteiger partial charge in [0.15, 0.2) is 6.39 Å². The molecule has 1 heterocycles. The lowest BCUT2D eigenvalue weighted by molar-refractivity contribution is 0.395. The van der Waals surface area contributed by atoms with Crippen molar-refractivity contribution < 1.29 is 13.9 Å². The molecule has 1 aromatic heterocycles. The molecule has 78 valence electrons. The number of nitrogens with zero attached hydrogens (tertiary/aromatic N) is 1. The summed E-state index contributed by atoms with van der Waals surface area (Å²) in [6, 6.07) is 5.55. The van der Waals surface area contributed by atoms with E-state index in [2.05, 4.69) is 4.98 Å². The van der Waals surface area contributed by atoms with E-state index >= 15 is 0 Å². The maximum Gasteiger partial charge on any atom is 0.181 e. The number of hydrogen-bond acceptors (Lipinski definition) is 4. The van der Waals surface area contributed by atoms with Gasteiger partial charge in [0.2, 0.25) is 0 Å². The van der Waals surface area contributed by atoms with Crippen LogP contribution in [0.2, 0.25) is 0 Å². The first kappa shape index (κ1) is 9.58. The Bertz CT molecular complexity index is 437. The molecule has 2 rings (SSSR count). The van der Waals surface area contributed by atoms with Crippen molar-refractivity contribution in [2.24, 2.45) is 0 Å². The monoisotopic (exact) mass is 205 g/mol. The summed E-state index contributed by atoms with van der Waals surface area (Å²) in [5.41, 5.74) is 1.63. The molecule has 0 N–H and O–H groups in total. The van der Waals surface area contributed by atoms with E-state index in [-0.39, 0.29) is 0 Å². The average molecular weight is 205 g/mol. The topological polar surface area (TPSA) is 44.5 Å². The highest BCUT2D eigenvalue weighted by atomic mass is 16.5. The second-order valence-electron chi connectivity index (χ2n) is 2.94. The third-order valence-electron chi connectivity index (χ3n) is 2.12. The normalized spacial score (nSPS) is 10.0. The molecule has 0 aliphatic heterocycles. The molecule has 4 heteroatoms. The second-order valence-corrected chi connectivity index (χ2v) is 2.94. The van der Waals surface area contributed by atoms with E-state index in [0.717, 1.165) is 17.0 Å². The van der Waals surface area contributed by atoms with Crippen molar-refractivity contribution in [3.8, 4) is 22.8 Å². The van der Waals surface area contributed by atoms with E-state index in [9.17, 15) is 0 Å². The van der Waals surface area contributed by atoms with Crippen LogP contribution in [0.3, 0.4) is 0 Å². The molecular weight excluding hydrogens is 194 g/mol. The summed E-state index contributed by atoms with van der Waals surface area (Å²) in [6.07, 6.45) is 2.96. The standard InChI is InChI=1S/C11H11NO3/c1-13-8-3-4-9(11(5-8)14-2)10-6-15-7-12-10/h3-7H,1-2H3. The number of hydrogen-bond donors (Lipinski definition) is 0.